The van der Waals surface area contributed by atoms with Gasteiger partial charge in [-0.1, -0.05) is 19.1 Å². The van der Waals surface area contributed by atoms with Crippen molar-refractivity contribution in [1.29, 1.82) is 0 Å². The number of rotatable bonds is 4. The van der Waals surface area contributed by atoms with Gasteiger partial charge in [0.25, 0.3) is 5.91 Å². The monoisotopic (exact) mass is 276 g/mol. The van der Waals surface area contributed by atoms with Crippen LogP contribution >= 0.6 is 0 Å². The molecule has 110 valence electrons. The predicted molar refractivity (Wildman–Crippen MR) is 79.9 cm³/mol. The second-order valence-electron chi connectivity index (χ2n) is 5.50. The van der Waals surface area contributed by atoms with Gasteiger partial charge in [0, 0.05) is 19.1 Å². The number of carbonyl (C=O) groups is 1. The Kier molecular flexibility index (Phi) is 5.01. The number of nitrogens with zero attached hydrogens (tertiary/aromatic N) is 1. The molecule has 0 unspecified atom stereocenters. The highest BCUT2D eigenvalue weighted by atomic mass is 16.3. The average Bonchev–Trinajstić information content (AvgIpc) is 2.47. The van der Waals surface area contributed by atoms with Crippen molar-refractivity contribution in [2.45, 2.75) is 44.7 Å². The third-order valence-corrected chi connectivity index (χ3v) is 4.19. The lowest BCUT2D eigenvalue weighted by molar-refractivity contribution is 0.0681. The fourth-order valence-electron chi connectivity index (χ4n) is 2.97. The third-order valence-electron chi connectivity index (χ3n) is 4.19. The molecule has 1 aromatic rings. The highest BCUT2D eigenvalue weighted by Crippen LogP contribution is 2.25. The molecule has 0 atom stereocenters. The normalized spacial score (nSPS) is 22.5. The zero-order valence-electron chi connectivity index (χ0n) is 12.3. The number of phenolic OH excluding ortho intramolecular Hbond substituents is 1. The van der Waals surface area contributed by atoms with Crippen LogP contribution in [0.2, 0.25) is 0 Å². The summed E-state index contributed by atoms with van der Waals surface area (Å²) >= 11 is 0. The number of aromatic hydroxyl groups is 1. The summed E-state index contributed by atoms with van der Waals surface area (Å²) in [6.07, 6.45) is 4.26. The van der Waals surface area contributed by atoms with Crippen molar-refractivity contribution >= 4 is 5.91 Å². The number of para-hydroxylation sites is 1. The highest BCUT2D eigenvalue weighted by molar-refractivity contribution is 5.96. The maximum atomic E-state index is 12.4. The molecule has 0 saturated heterocycles. The fraction of sp³-hybridized carbons (Fsp3) is 0.562. The molecule has 1 aromatic carbocycles. The Balaban J connectivity index is 1.97. The van der Waals surface area contributed by atoms with Gasteiger partial charge >= 0.3 is 0 Å². The first-order chi connectivity index (χ1) is 9.63. The van der Waals surface area contributed by atoms with Crippen LogP contribution in [0.15, 0.2) is 24.3 Å². The summed E-state index contributed by atoms with van der Waals surface area (Å²) in [7, 11) is 1.84. The van der Waals surface area contributed by atoms with Crippen LogP contribution in [0.5, 0.6) is 5.75 Å². The Morgan fingerprint density at radius 3 is 2.55 bits per heavy atom. The van der Waals surface area contributed by atoms with E-state index in [9.17, 15) is 9.90 Å². The van der Waals surface area contributed by atoms with Crippen molar-refractivity contribution in [3.05, 3.63) is 29.8 Å². The summed E-state index contributed by atoms with van der Waals surface area (Å²) in [5.41, 5.74) is 0.392. The molecule has 0 aliphatic heterocycles. The number of nitrogens with one attached hydrogen (secondary N) is 1. The van der Waals surface area contributed by atoms with Crippen LogP contribution in [0.3, 0.4) is 0 Å². The first kappa shape index (κ1) is 14.9. The molecule has 0 radical (unpaired) electrons. The van der Waals surface area contributed by atoms with Gasteiger partial charge in [-0.05, 0) is 44.4 Å². The van der Waals surface area contributed by atoms with Crippen molar-refractivity contribution in [3.63, 3.8) is 0 Å². The van der Waals surface area contributed by atoms with E-state index < -0.39 is 0 Å². The summed E-state index contributed by atoms with van der Waals surface area (Å²) in [5.74, 6) is -0.0271. The molecule has 4 heteroatoms. The molecular formula is C16H24N2O2. The van der Waals surface area contributed by atoms with E-state index in [-0.39, 0.29) is 17.7 Å². The molecule has 1 amide bonds. The van der Waals surface area contributed by atoms with Crippen LogP contribution < -0.4 is 5.32 Å². The van der Waals surface area contributed by atoms with E-state index in [1.54, 1.807) is 29.2 Å². The molecule has 0 bridgehead atoms. The first-order valence-corrected chi connectivity index (χ1v) is 7.42. The Labute approximate surface area is 120 Å². The summed E-state index contributed by atoms with van der Waals surface area (Å²) in [4.78, 5) is 14.2. The Morgan fingerprint density at radius 2 is 1.95 bits per heavy atom. The fourth-order valence-corrected chi connectivity index (χ4v) is 2.97. The minimum absolute atomic E-state index is 0.0608. The van der Waals surface area contributed by atoms with Crippen LogP contribution in [0.25, 0.3) is 0 Å². The molecule has 1 aliphatic carbocycles. The largest absolute Gasteiger partial charge is 0.507 e. The maximum Gasteiger partial charge on any atom is 0.257 e. The minimum atomic E-state index is -0.0880. The van der Waals surface area contributed by atoms with Gasteiger partial charge in [0.2, 0.25) is 0 Å². The lowest BCUT2D eigenvalue weighted by Crippen LogP contribution is -2.43. The summed E-state index contributed by atoms with van der Waals surface area (Å²) in [6.45, 7) is 3.13. The second-order valence-corrected chi connectivity index (χ2v) is 5.50. The molecule has 1 aliphatic rings. The maximum absolute atomic E-state index is 12.4. The van der Waals surface area contributed by atoms with Gasteiger partial charge in [0.15, 0.2) is 0 Å². The van der Waals surface area contributed by atoms with Crippen molar-refractivity contribution in [2.24, 2.45) is 0 Å². The number of phenols is 1. The lowest BCUT2D eigenvalue weighted by atomic mass is 9.90. The van der Waals surface area contributed by atoms with Gasteiger partial charge in [0.1, 0.15) is 5.75 Å². The molecule has 2 rings (SSSR count). The Morgan fingerprint density at radius 1 is 1.30 bits per heavy atom. The molecule has 0 spiro atoms. The van der Waals surface area contributed by atoms with Crippen LogP contribution in [-0.2, 0) is 0 Å². The predicted octanol–water partition coefficient (Wildman–Crippen LogP) is 2.38. The van der Waals surface area contributed by atoms with E-state index in [4.69, 9.17) is 0 Å². The van der Waals surface area contributed by atoms with Crippen molar-refractivity contribution in [1.82, 2.24) is 10.2 Å². The van der Waals surface area contributed by atoms with Crippen LogP contribution in [0, 0.1) is 0 Å². The van der Waals surface area contributed by atoms with Gasteiger partial charge in [0.05, 0.1) is 5.56 Å². The highest BCUT2D eigenvalue weighted by Gasteiger charge is 2.27. The zero-order valence-corrected chi connectivity index (χ0v) is 12.3. The summed E-state index contributed by atoms with van der Waals surface area (Å²) < 4.78 is 0. The summed E-state index contributed by atoms with van der Waals surface area (Å²) in [6, 6.07) is 7.61. The summed E-state index contributed by atoms with van der Waals surface area (Å²) in [5, 5.41) is 13.3. The van der Waals surface area contributed by atoms with Crippen molar-refractivity contribution < 1.29 is 9.90 Å². The molecule has 0 aromatic heterocycles. The molecule has 0 heterocycles. The quantitative estimate of drug-likeness (QED) is 0.888. The van der Waals surface area contributed by atoms with E-state index in [1.165, 1.54) is 0 Å². The molecule has 1 fully saturated rings. The third kappa shape index (κ3) is 3.31. The van der Waals surface area contributed by atoms with E-state index in [2.05, 4.69) is 12.2 Å². The topological polar surface area (TPSA) is 52.6 Å². The van der Waals surface area contributed by atoms with E-state index in [0.717, 1.165) is 32.2 Å². The number of amides is 1. The minimum Gasteiger partial charge on any atom is -0.507 e. The molecule has 20 heavy (non-hydrogen) atoms. The van der Waals surface area contributed by atoms with Crippen LogP contribution in [-0.4, -0.2) is 41.6 Å². The Hall–Kier alpha value is -1.55. The number of benzene rings is 1. The second kappa shape index (κ2) is 6.75. The van der Waals surface area contributed by atoms with E-state index >= 15 is 0 Å². The Bertz CT molecular complexity index is 454. The molecule has 2 N–H and O–H groups in total. The number of hydrogen-bond donors (Lipinski definition) is 2. The van der Waals surface area contributed by atoms with E-state index in [1.807, 2.05) is 7.05 Å². The SMILES string of the molecule is CCNC1CCC(N(C)C(=O)c2ccccc2O)CC1. The average molecular weight is 276 g/mol. The lowest BCUT2D eigenvalue weighted by Gasteiger charge is -2.35. The molecule has 1 saturated carbocycles. The van der Waals surface area contributed by atoms with Gasteiger partial charge in [-0.2, -0.15) is 0 Å². The van der Waals surface area contributed by atoms with Gasteiger partial charge in [-0.15, -0.1) is 0 Å². The van der Waals surface area contributed by atoms with Crippen LogP contribution in [0.1, 0.15) is 43.0 Å². The number of hydrogen-bond acceptors (Lipinski definition) is 3. The van der Waals surface area contributed by atoms with Crippen molar-refractivity contribution in [2.75, 3.05) is 13.6 Å². The van der Waals surface area contributed by atoms with E-state index in [0.29, 0.717) is 11.6 Å². The van der Waals surface area contributed by atoms with Gasteiger partial charge in [-0.25, -0.2) is 0 Å². The first-order valence-electron chi connectivity index (χ1n) is 7.42. The zero-order chi connectivity index (χ0) is 14.5. The van der Waals surface area contributed by atoms with Crippen molar-refractivity contribution in [3.8, 4) is 5.75 Å². The molecule has 4 nitrogen and oxygen atoms in total. The van der Waals surface area contributed by atoms with Gasteiger partial charge in [-0.3, -0.25) is 4.79 Å². The van der Waals surface area contributed by atoms with Gasteiger partial charge < -0.3 is 15.3 Å². The van der Waals surface area contributed by atoms with Crippen LogP contribution in [0.4, 0.5) is 0 Å². The smallest absolute Gasteiger partial charge is 0.257 e. The standard InChI is InChI=1S/C16H24N2O2/c1-3-17-12-8-10-13(11-9-12)18(2)16(20)14-6-4-5-7-15(14)19/h4-7,12-13,17,19H,3,8-11H2,1-2H3. The molecular weight excluding hydrogens is 252 g/mol. The number of carbonyl (C=O) groups excluding carboxylic acids is 1.